The summed E-state index contributed by atoms with van der Waals surface area (Å²) in [5, 5.41) is 22.4. The fourth-order valence-electron chi connectivity index (χ4n) is 2.62. The number of halogens is 1. The van der Waals surface area contributed by atoms with Crippen LogP contribution in [0.15, 0.2) is 24.3 Å². The van der Waals surface area contributed by atoms with Crippen LogP contribution in [0.4, 0.5) is 0 Å². The quantitative estimate of drug-likeness (QED) is 0.770. The second-order valence-corrected chi connectivity index (χ2v) is 6.65. The van der Waals surface area contributed by atoms with E-state index in [2.05, 4.69) is 5.32 Å². The lowest BCUT2D eigenvalue weighted by Crippen LogP contribution is -2.49. The van der Waals surface area contributed by atoms with Crippen LogP contribution >= 0.6 is 11.6 Å². The van der Waals surface area contributed by atoms with Gasteiger partial charge < -0.3 is 20.3 Å². The number of amides is 1. The van der Waals surface area contributed by atoms with E-state index in [-0.39, 0.29) is 24.5 Å². The monoisotopic (exact) mass is 327 g/mol. The first-order valence-corrected chi connectivity index (χ1v) is 7.74. The minimum atomic E-state index is -1.05. The highest BCUT2D eigenvalue weighted by molar-refractivity contribution is 6.30. The molecule has 1 aliphatic rings. The van der Waals surface area contributed by atoms with Crippen molar-refractivity contribution >= 4 is 17.5 Å². The molecule has 1 aromatic carbocycles. The lowest BCUT2D eigenvalue weighted by atomic mass is 10.1. The highest BCUT2D eigenvalue weighted by Gasteiger charge is 2.37. The number of hydrogen-bond donors (Lipinski definition) is 3. The van der Waals surface area contributed by atoms with Crippen molar-refractivity contribution in [2.45, 2.75) is 44.4 Å². The lowest BCUT2D eigenvalue weighted by Gasteiger charge is -2.27. The Balaban J connectivity index is 1.94. The molecule has 6 heteroatoms. The molecule has 122 valence electrons. The Kier molecular flexibility index (Phi) is 5.32. The van der Waals surface area contributed by atoms with Crippen LogP contribution in [0, 0.1) is 5.92 Å². The van der Waals surface area contributed by atoms with Crippen LogP contribution in [-0.2, 0) is 4.79 Å². The minimum Gasteiger partial charge on any atom is -0.478 e. The zero-order chi connectivity index (χ0) is 16.3. The number of carbonyl (C=O) groups is 1. The Morgan fingerprint density at radius 3 is 2.55 bits per heavy atom. The molecule has 1 saturated carbocycles. The van der Waals surface area contributed by atoms with Crippen molar-refractivity contribution in [1.29, 1.82) is 0 Å². The first-order valence-electron chi connectivity index (χ1n) is 7.36. The molecular weight excluding hydrogens is 306 g/mol. The fraction of sp³-hybridized carbons (Fsp3) is 0.562. The largest absolute Gasteiger partial charge is 0.478 e. The average Bonchev–Trinajstić information content (AvgIpc) is 2.81. The minimum absolute atomic E-state index is 0.0712. The number of nitrogens with one attached hydrogen (secondary N) is 1. The summed E-state index contributed by atoms with van der Waals surface area (Å²) in [5.41, 5.74) is -1.05. The summed E-state index contributed by atoms with van der Waals surface area (Å²) in [6.07, 6.45) is 0.449. The van der Waals surface area contributed by atoms with Gasteiger partial charge in [-0.25, -0.2) is 0 Å². The third-order valence-electron chi connectivity index (χ3n) is 3.96. The molecule has 3 N–H and O–H groups in total. The molecule has 0 unspecified atom stereocenters. The Bertz CT molecular complexity index is 517. The van der Waals surface area contributed by atoms with Gasteiger partial charge in [0.25, 0.3) is 5.91 Å². The molecule has 0 radical (unpaired) electrons. The van der Waals surface area contributed by atoms with Crippen LogP contribution < -0.4 is 10.1 Å². The van der Waals surface area contributed by atoms with Crippen LogP contribution in [0.2, 0.25) is 5.02 Å². The van der Waals surface area contributed by atoms with E-state index in [0.717, 1.165) is 0 Å². The van der Waals surface area contributed by atoms with E-state index in [0.29, 0.717) is 23.6 Å². The predicted octanol–water partition coefficient (Wildman–Crippen LogP) is 1.75. The summed E-state index contributed by atoms with van der Waals surface area (Å²) >= 11 is 5.82. The van der Waals surface area contributed by atoms with E-state index < -0.39 is 11.7 Å². The summed E-state index contributed by atoms with van der Waals surface area (Å²) in [6.45, 7) is 3.30. The van der Waals surface area contributed by atoms with Crippen molar-refractivity contribution in [2.24, 2.45) is 5.92 Å². The smallest absolute Gasteiger partial charge is 0.263 e. The van der Waals surface area contributed by atoms with Gasteiger partial charge in [-0.2, -0.15) is 0 Å². The number of rotatable bonds is 5. The average molecular weight is 328 g/mol. The van der Waals surface area contributed by atoms with E-state index in [4.69, 9.17) is 21.4 Å². The molecule has 1 fully saturated rings. The Morgan fingerprint density at radius 1 is 1.36 bits per heavy atom. The van der Waals surface area contributed by atoms with Crippen LogP contribution in [0.5, 0.6) is 5.75 Å². The maximum Gasteiger partial charge on any atom is 0.263 e. The zero-order valence-corrected chi connectivity index (χ0v) is 13.5. The maximum atomic E-state index is 12.4. The topological polar surface area (TPSA) is 78.8 Å². The number of carbonyl (C=O) groups excluding carboxylic acids is 1. The second kappa shape index (κ2) is 6.86. The molecule has 0 heterocycles. The molecule has 0 aliphatic heterocycles. The second-order valence-electron chi connectivity index (χ2n) is 6.22. The lowest BCUT2D eigenvalue weighted by molar-refractivity contribution is -0.135. The van der Waals surface area contributed by atoms with Crippen molar-refractivity contribution in [3.8, 4) is 5.75 Å². The molecule has 0 spiro atoms. The van der Waals surface area contributed by atoms with Gasteiger partial charge in [-0.05, 0) is 51.0 Å². The molecule has 5 nitrogen and oxygen atoms in total. The Morgan fingerprint density at radius 2 is 2.00 bits per heavy atom. The number of hydrogen-bond acceptors (Lipinski definition) is 4. The maximum absolute atomic E-state index is 12.4. The highest BCUT2D eigenvalue weighted by atomic mass is 35.5. The summed E-state index contributed by atoms with van der Waals surface area (Å²) in [5.74, 6) is 0.132. The third kappa shape index (κ3) is 4.12. The summed E-state index contributed by atoms with van der Waals surface area (Å²) in [7, 11) is 0. The van der Waals surface area contributed by atoms with Gasteiger partial charge in [-0.1, -0.05) is 11.6 Å². The Labute approximate surface area is 135 Å². The molecular formula is C16H22ClNO4. The molecule has 0 bridgehead atoms. The van der Waals surface area contributed by atoms with Crippen molar-refractivity contribution in [2.75, 3.05) is 6.61 Å². The van der Waals surface area contributed by atoms with Gasteiger partial charge in [-0.15, -0.1) is 0 Å². The summed E-state index contributed by atoms with van der Waals surface area (Å²) in [4.78, 5) is 12.4. The van der Waals surface area contributed by atoms with Crippen molar-refractivity contribution < 1.29 is 19.7 Å². The molecule has 22 heavy (non-hydrogen) atoms. The van der Waals surface area contributed by atoms with Gasteiger partial charge in [0.1, 0.15) is 5.75 Å². The van der Waals surface area contributed by atoms with E-state index in [1.807, 2.05) is 0 Å². The Hall–Kier alpha value is -1.30. The highest BCUT2D eigenvalue weighted by Crippen LogP contribution is 2.27. The zero-order valence-electron chi connectivity index (χ0n) is 12.8. The standard InChI is InChI=1S/C16H22ClNO4/c1-16(2,22-13-5-3-11(17)4-6-13)15(21)18-12-7-10(9-19)14(20)8-12/h3-6,10,12,14,19-20H,7-9H2,1-2H3,(H,18,21)/t10-,12+,14+/m1/s1. The first kappa shape index (κ1) is 17.1. The molecule has 1 aliphatic carbocycles. The van der Waals surface area contributed by atoms with Crippen LogP contribution in [-0.4, -0.2) is 40.5 Å². The molecule has 1 amide bonds. The predicted molar refractivity (Wildman–Crippen MR) is 83.9 cm³/mol. The number of benzene rings is 1. The van der Waals surface area contributed by atoms with Crippen molar-refractivity contribution in [3.63, 3.8) is 0 Å². The number of aliphatic hydroxyl groups is 2. The van der Waals surface area contributed by atoms with Gasteiger partial charge in [0.2, 0.25) is 0 Å². The van der Waals surface area contributed by atoms with Crippen LogP contribution in [0.3, 0.4) is 0 Å². The number of aliphatic hydroxyl groups excluding tert-OH is 2. The van der Waals surface area contributed by atoms with E-state index >= 15 is 0 Å². The van der Waals surface area contributed by atoms with E-state index in [1.165, 1.54) is 0 Å². The molecule has 3 atom stereocenters. The fourth-order valence-corrected chi connectivity index (χ4v) is 2.75. The summed E-state index contributed by atoms with van der Waals surface area (Å²) < 4.78 is 5.73. The third-order valence-corrected chi connectivity index (χ3v) is 4.21. The summed E-state index contributed by atoms with van der Waals surface area (Å²) in [6, 6.07) is 6.66. The van der Waals surface area contributed by atoms with Gasteiger partial charge in [0.05, 0.1) is 6.10 Å². The van der Waals surface area contributed by atoms with E-state index in [9.17, 15) is 9.90 Å². The van der Waals surface area contributed by atoms with Crippen LogP contribution in [0.25, 0.3) is 0 Å². The number of ether oxygens (including phenoxy) is 1. The van der Waals surface area contributed by atoms with E-state index in [1.54, 1.807) is 38.1 Å². The molecule has 0 aromatic heterocycles. The van der Waals surface area contributed by atoms with Gasteiger partial charge in [-0.3, -0.25) is 4.79 Å². The van der Waals surface area contributed by atoms with Gasteiger partial charge in [0, 0.05) is 23.6 Å². The van der Waals surface area contributed by atoms with Gasteiger partial charge >= 0.3 is 0 Å². The molecule has 1 aromatic rings. The first-order chi connectivity index (χ1) is 10.3. The van der Waals surface area contributed by atoms with Crippen molar-refractivity contribution in [3.05, 3.63) is 29.3 Å². The van der Waals surface area contributed by atoms with Crippen LogP contribution in [0.1, 0.15) is 26.7 Å². The molecule has 0 saturated heterocycles. The van der Waals surface area contributed by atoms with Gasteiger partial charge in [0.15, 0.2) is 5.60 Å². The van der Waals surface area contributed by atoms with Crippen molar-refractivity contribution in [1.82, 2.24) is 5.32 Å². The normalized spacial score (nSPS) is 25.0. The SMILES string of the molecule is CC(C)(Oc1ccc(Cl)cc1)C(=O)N[C@H]1C[C@H](CO)[C@@H](O)C1. The molecule has 2 rings (SSSR count).